The van der Waals surface area contributed by atoms with Crippen LogP contribution < -0.4 is 21.3 Å². The molecule has 1 unspecified atom stereocenters. The number of carbonyl (C=O) groups is 1. The lowest BCUT2D eigenvalue weighted by Crippen LogP contribution is -2.45. The minimum Gasteiger partial charge on any atom is -0.369 e. The van der Waals surface area contributed by atoms with Gasteiger partial charge < -0.3 is 21.3 Å². The molecule has 0 spiro atoms. The zero-order valence-corrected chi connectivity index (χ0v) is 18.2. The summed E-state index contributed by atoms with van der Waals surface area (Å²) in [6, 6.07) is 3.87. The van der Waals surface area contributed by atoms with Gasteiger partial charge in [0.2, 0.25) is 5.91 Å². The van der Waals surface area contributed by atoms with Crippen molar-refractivity contribution in [1.29, 1.82) is 0 Å². The number of rotatable bonds is 6. The Labute approximate surface area is 176 Å². The Kier molecular flexibility index (Phi) is 8.70. The highest BCUT2D eigenvalue weighted by molar-refractivity contribution is 14.0. The van der Waals surface area contributed by atoms with Crippen molar-refractivity contribution in [2.45, 2.75) is 33.2 Å². The van der Waals surface area contributed by atoms with Crippen molar-refractivity contribution in [3.05, 3.63) is 29.8 Å². The maximum atomic E-state index is 14.0. The molecule has 1 heterocycles. The van der Waals surface area contributed by atoms with Crippen LogP contribution in [-0.2, 0) is 4.79 Å². The molecule has 1 aromatic rings. The van der Waals surface area contributed by atoms with Crippen LogP contribution in [-0.4, -0.2) is 44.1 Å². The Balaban J connectivity index is 0.00000364. The van der Waals surface area contributed by atoms with Crippen molar-refractivity contribution in [2.75, 3.05) is 31.1 Å². The molecule has 1 aliphatic heterocycles. The average molecular weight is 495 g/mol. The molecule has 1 amide bonds. The minimum absolute atomic E-state index is 0. The van der Waals surface area contributed by atoms with Gasteiger partial charge in [0.05, 0.1) is 12.0 Å². The first kappa shape index (κ1) is 23.4. The van der Waals surface area contributed by atoms with E-state index in [1.807, 2.05) is 6.92 Å². The Morgan fingerprint density at radius 3 is 2.56 bits per heavy atom. The van der Waals surface area contributed by atoms with Crippen molar-refractivity contribution in [2.24, 2.45) is 16.1 Å². The van der Waals surface area contributed by atoms with Crippen LogP contribution in [0.3, 0.4) is 0 Å². The molecule has 2 rings (SSSR count). The number of benzene rings is 1. The fourth-order valence-electron chi connectivity index (χ4n) is 2.74. The van der Waals surface area contributed by atoms with Gasteiger partial charge in [-0.2, -0.15) is 0 Å². The largest absolute Gasteiger partial charge is 0.369 e. The van der Waals surface area contributed by atoms with Crippen LogP contribution in [0, 0.1) is 17.0 Å². The smallest absolute Gasteiger partial charge is 0.224 e. The Hall–Kier alpha value is -1.65. The second-order valence-corrected chi connectivity index (χ2v) is 7.09. The van der Waals surface area contributed by atoms with E-state index in [1.165, 1.54) is 18.2 Å². The molecule has 4 N–H and O–H groups in total. The number of hydrogen-bond acceptors (Lipinski definition) is 3. The lowest BCUT2D eigenvalue weighted by atomic mass is 9.93. The van der Waals surface area contributed by atoms with Gasteiger partial charge >= 0.3 is 0 Å². The molecule has 0 aromatic heterocycles. The molecule has 27 heavy (non-hydrogen) atoms. The van der Waals surface area contributed by atoms with Gasteiger partial charge in [-0.25, -0.2) is 8.78 Å². The summed E-state index contributed by atoms with van der Waals surface area (Å²) >= 11 is 0. The van der Waals surface area contributed by atoms with Gasteiger partial charge in [-0.1, -0.05) is 6.07 Å². The summed E-state index contributed by atoms with van der Waals surface area (Å²) in [5, 5.41) is 6.39. The molecular weight excluding hydrogens is 467 g/mol. The van der Waals surface area contributed by atoms with Crippen LogP contribution in [0.15, 0.2) is 23.2 Å². The Morgan fingerprint density at radius 1 is 1.37 bits per heavy atom. The number of nitrogens with two attached hydrogens (primary N) is 1. The molecule has 6 nitrogen and oxygen atoms in total. The van der Waals surface area contributed by atoms with E-state index in [0.29, 0.717) is 25.6 Å². The lowest BCUT2D eigenvalue weighted by molar-refractivity contribution is -0.125. The molecule has 1 aromatic carbocycles. The summed E-state index contributed by atoms with van der Waals surface area (Å²) < 4.78 is 27.9. The molecule has 0 aliphatic carbocycles. The number of hydrogen-bond donors (Lipinski definition) is 3. The number of halogens is 3. The van der Waals surface area contributed by atoms with Gasteiger partial charge in [0, 0.05) is 25.7 Å². The normalized spacial score (nSPS) is 17.4. The first-order valence-corrected chi connectivity index (χ1v) is 8.78. The van der Waals surface area contributed by atoms with E-state index in [9.17, 15) is 13.6 Å². The minimum atomic E-state index is -0.750. The zero-order valence-electron chi connectivity index (χ0n) is 15.9. The number of anilines is 1. The quantitative estimate of drug-likeness (QED) is 0.321. The van der Waals surface area contributed by atoms with Gasteiger partial charge in [0.1, 0.15) is 17.3 Å². The summed E-state index contributed by atoms with van der Waals surface area (Å²) in [6.45, 7) is 7.31. The van der Waals surface area contributed by atoms with Gasteiger partial charge in [-0.3, -0.25) is 9.79 Å². The van der Waals surface area contributed by atoms with E-state index >= 15 is 0 Å². The second-order valence-electron chi connectivity index (χ2n) is 7.09. The Bertz CT molecular complexity index is 663. The maximum Gasteiger partial charge on any atom is 0.224 e. The summed E-state index contributed by atoms with van der Waals surface area (Å²) in [5.41, 5.74) is 4.64. The molecule has 0 bridgehead atoms. The fourth-order valence-corrected chi connectivity index (χ4v) is 2.74. The standard InChI is InChI=1S/C18H27F2N5O.HI/c1-4-22-17(23-11-18(2,3)16(21)26)24-12-8-9-25(10-12)15-13(19)6-5-7-14(15)20;/h5-7,12H,4,8-11H2,1-3H3,(H2,21,26)(H2,22,23,24);1H. The van der Waals surface area contributed by atoms with E-state index in [4.69, 9.17) is 5.73 Å². The van der Waals surface area contributed by atoms with Crippen molar-refractivity contribution < 1.29 is 13.6 Å². The molecule has 1 saturated heterocycles. The van der Waals surface area contributed by atoms with Gasteiger partial charge in [0.15, 0.2) is 5.96 Å². The highest BCUT2D eigenvalue weighted by atomic mass is 127. The van der Waals surface area contributed by atoms with Crippen molar-refractivity contribution in [1.82, 2.24) is 10.6 Å². The molecule has 0 saturated carbocycles. The lowest BCUT2D eigenvalue weighted by Gasteiger charge is -2.22. The molecule has 152 valence electrons. The number of aliphatic imine (C=N–C) groups is 1. The van der Waals surface area contributed by atoms with Crippen molar-refractivity contribution in [3.8, 4) is 0 Å². The second kappa shape index (κ2) is 10.0. The highest BCUT2D eigenvalue weighted by Crippen LogP contribution is 2.26. The molecule has 9 heteroatoms. The van der Waals surface area contributed by atoms with E-state index in [2.05, 4.69) is 15.6 Å². The third-order valence-electron chi connectivity index (χ3n) is 4.43. The van der Waals surface area contributed by atoms with Crippen LogP contribution in [0.2, 0.25) is 0 Å². The molecular formula is C18H28F2IN5O. The summed E-state index contributed by atoms with van der Waals surface area (Å²) in [4.78, 5) is 17.6. The van der Waals surface area contributed by atoms with Crippen molar-refractivity contribution >= 4 is 41.5 Å². The molecule has 1 fully saturated rings. The topological polar surface area (TPSA) is 82.7 Å². The predicted octanol–water partition coefficient (Wildman–Crippen LogP) is 2.23. The van der Waals surface area contributed by atoms with E-state index in [1.54, 1.807) is 18.7 Å². The highest BCUT2D eigenvalue weighted by Gasteiger charge is 2.28. The van der Waals surface area contributed by atoms with Gasteiger partial charge in [0.25, 0.3) is 0 Å². The van der Waals surface area contributed by atoms with Crippen LogP contribution >= 0.6 is 24.0 Å². The zero-order chi connectivity index (χ0) is 19.3. The third kappa shape index (κ3) is 6.18. The number of nitrogens with one attached hydrogen (secondary N) is 2. The number of amides is 1. The van der Waals surface area contributed by atoms with E-state index < -0.39 is 23.0 Å². The number of primary amides is 1. The monoisotopic (exact) mass is 495 g/mol. The van der Waals surface area contributed by atoms with E-state index in [0.717, 1.165) is 6.42 Å². The Morgan fingerprint density at radius 2 is 2.00 bits per heavy atom. The van der Waals surface area contributed by atoms with Gasteiger partial charge in [-0.05, 0) is 39.3 Å². The van der Waals surface area contributed by atoms with Crippen LogP contribution in [0.25, 0.3) is 0 Å². The summed E-state index contributed by atoms with van der Waals surface area (Å²) in [7, 11) is 0. The average Bonchev–Trinajstić information content (AvgIpc) is 3.01. The first-order chi connectivity index (χ1) is 12.2. The maximum absolute atomic E-state index is 14.0. The summed E-state index contributed by atoms with van der Waals surface area (Å²) in [6.07, 6.45) is 0.720. The number of nitrogens with zero attached hydrogens (tertiary/aromatic N) is 2. The van der Waals surface area contributed by atoms with Crippen LogP contribution in [0.5, 0.6) is 0 Å². The van der Waals surface area contributed by atoms with E-state index in [-0.39, 0.29) is 42.3 Å². The molecule has 0 radical (unpaired) electrons. The number of carbonyl (C=O) groups excluding carboxylic acids is 1. The predicted molar refractivity (Wildman–Crippen MR) is 114 cm³/mol. The molecule has 1 atom stereocenters. The van der Waals surface area contributed by atoms with Crippen LogP contribution in [0.4, 0.5) is 14.5 Å². The van der Waals surface area contributed by atoms with Gasteiger partial charge in [-0.15, -0.1) is 24.0 Å². The first-order valence-electron chi connectivity index (χ1n) is 8.78. The molecule has 1 aliphatic rings. The number of guanidine groups is 1. The summed E-state index contributed by atoms with van der Waals surface area (Å²) in [5.74, 6) is -0.981. The number of para-hydroxylation sites is 1. The fraction of sp³-hybridized carbons (Fsp3) is 0.556. The third-order valence-corrected chi connectivity index (χ3v) is 4.43. The van der Waals surface area contributed by atoms with Crippen molar-refractivity contribution in [3.63, 3.8) is 0 Å². The van der Waals surface area contributed by atoms with Crippen LogP contribution in [0.1, 0.15) is 27.2 Å². The SMILES string of the molecule is CCNC(=NCC(C)(C)C(N)=O)NC1CCN(c2c(F)cccc2F)C1.I.